The van der Waals surface area contributed by atoms with Crippen molar-refractivity contribution in [1.29, 1.82) is 0 Å². The summed E-state index contributed by atoms with van der Waals surface area (Å²) >= 11 is 0. The van der Waals surface area contributed by atoms with Gasteiger partial charge in [-0.3, -0.25) is 4.79 Å². The normalized spacial score (nSPS) is 10.2. The molecule has 0 saturated carbocycles. The Morgan fingerprint density at radius 2 is 2.00 bits per heavy atom. The second-order valence-electron chi connectivity index (χ2n) is 4.27. The van der Waals surface area contributed by atoms with Crippen molar-refractivity contribution in [3.05, 3.63) is 42.2 Å². The number of aromatic nitrogens is 3. The molecule has 0 unspecified atom stereocenters. The maximum absolute atomic E-state index is 12.3. The first-order valence-corrected chi connectivity index (χ1v) is 6.49. The van der Waals surface area contributed by atoms with Crippen LogP contribution in [0.5, 0.6) is 0 Å². The Hall–Kier alpha value is -2.70. The molecule has 110 valence electrons. The molecule has 0 spiro atoms. The van der Waals surface area contributed by atoms with Gasteiger partial charge in [0.1, 0.15) is 6.54 Å². The van der Waals surface area contributed by atoms with E-state index in [1.807, 2.05) is 37.3 Å². The van der Waals surface area contributed by atoms with Crippen molar-refractivity contribution in [2.45, 2.75) is 13.5 Å². The number of ether oxygens (including phenoxy) is 1. The summed E-state index contributed by atoms with van der Waals surface area (Å²) in [4.78, 5) is 25.2. The van der Waals surface area contributed by atoms with Crippen LogP contribution in [-0.4, -0.2) is 40.5 Å². The Bertz CT molecular complexity index is 624. The predicted molar refractivity (Wildman–Crippen MR) is 75.8 cm³/mol. The lowest BCUT2D eigenvalue weighted by Crippen LogP contribution is -2.33. The third-order valence-electron chi connectivity index (χ3n) is 2.92. The smallest absolute Gasteiger partial charge is 0.360 e. The Labute approximate surface area is 122 Å². The number of hydrogen-bond acceptors (Lipinski definition) is 5. The summed E-state index contributed by atoms with van der Waals surface area (Å²) in [6.45, 7) is 2.44. The summed E-state index contributed by atoms with van der Waals surface area (Å²) in [5, 5.41) is 7.42. The summed E-state index contributed by atoms with van der Waals surface area (Å²) in [5.41, 5.74) is 0.895. The van der Waals surface area contributed by atoms with Crippen LogP contribution in [0.1, 0.15) is 17.4 Å². The molecule has 7 nitrogen and oxygen atoms in total. The van der Waals surface area contributed by atoms with Crippen molar-refractivity contribution in [3.63, 3.8) is 0 Å². The lowest BCUT2D eigenvalue weighted by Gasteiger charge is -2.20. The minimum absolute atomic E-state index is 0.00668. The first kappa shape index (κ1) is 14.7. The Morgan fingerprint density at radius 3 is 2.62 bits per heavy atom. The number of benzene rings is 1. The topological polar surface area (TPSA) is 77.3 Å². The fourth-order valence-electron chi connectivity index (χ4n) is 1.91. The predicted octanol–water partition coefficient (Wildman–Crippen LogP) is 1.12. The Balaban J connectivity index is 2.09. The fourth-order valence-corrected chi connectivity index (χ4v) is 1.91. The monoisotopic (exact) mass is 288 g/mol. The summed E-state index contributed by atoms with van der Waals surface area (Å²) < 4.78 is 5.86. The van der Waals surface area contributed by atoms with Gasteiger partial charge in [0.2, 0.25) is 5.91 Å². The summed E-state index contributed by atoms with van der Waals surface area (Å²) in [7, 11) is 1.26. The number of nitrogens with zero attached hydrogens (tertiary/aromatic N) is 4. The van der Waals surface area contributed by atoms with Crippen molar-refractivity contribution in [2.75, 3.05) is 18.6 Å². The molecule has 0 atom stereocenters. The zero-order valence-electron chi connectivity index (χ0n) is 11.9. The van der Waals surface area contributed by atoms with Gasteiger partial charge in [-0.05, 0) is 19.1 Å². The molecule has 7 heteroatoms. The highest BCUT2D eigenvalue weighted by molar-refractivity contribution is 5.93. The number of carbonyl (C=O) groups is 2. The minimum Gasteiger partial charge on any atom is -0.464 e. The van der Waals surface area contributed by atoms with Gasteiger partial charge in [0, 0.05) is 12.2 Å². The number of anilines is 1. The number of rotatable bonds is 5. The first-order chi connectivity index (χ1) is 10.2. The molecule has 1 aromatic heterocycles. The molecule has 0 N–H and O–H groups in total. The van der Waals surface area contributed by atoms with E-state index in [1.165, 1.54) is 18.0 Å². The average Bonchev–Trinajstić information content (AvgIpc) is 2.96. The number of likely N-dealkylation sites (N-methyl/N-ethyl adjacent to an activating group) is 1. The molecule has 2 aromatic rings. The Morgan fingerprint density at radius 1 is 1.29 bits per heavy atom. The van der Waals surface area contributed by atoms with Gasteiger partial charge in [0.25, 0.3) is 0 Å². The van der Waals surface area contributed by atoms with E-state index in [0.29, 0.717) is 6.54 Å². The van der Waals surface area contributed by atoms with Crippen LogP contribution in [0.3, 0.4) is 0 Å². The van der Waals surface area contributed by atoms with Crippen LogP contribution >= 0.6 is 0 Å². The second kappa shape index (κ2) is 6.65. The molecule has 1 heterocycles. The molecular weight excluding hydrogens is 272 g/mol. The third-order valence-corrected chi connectivity index (χ3v) is 2.92. The van der Waals surface area contributed by atoms with Crippen LogP contribution in [-0.2, 0) is 16.1 Å². The third kappa shape index (κ3) is 3.44. The maximum atomic E-state index is 12.3. The lowest BCUT2D eigenvalue weighted by molar-refractivity contribution is -0.119. The number of carbonyl (C=O) groups excluding carboxylic acids is 2. The molecular formula is C14H16N4O3. The van der Waals surface area contributed by atoms with E-state index in [-0.39, 0.29) is 18.1 Å². The number of para-hydroxylation sites is 1. The van der Waals surface area contributed by atoms with Crippen molar-refractivity contribution >= 4 is 17.6 Å². The van der Waals surface area contributed by atoms with Crippen LogP contribution in [0.4, 0.5) is 5.69 Å². The van der Waals surface area contributed by atoms with Crippen molar-refractivity contribution < 1.29 is 14.3 Å². The highest BCUT2D eigenvalue weighted by Gasteiger charge is 2.16. The highest BCUT2D eigenvalue weighted by Crippen LogP contribution is 2.13. The standard InChI is InChI=1S/C14H16N4O3/c1-3-18(11-7-5-4-6-8-11)13(19)10-17-9-12(15-16-17)14(20)21-2/h4-9H,3,10H2,1-2H3. The summed E-state index contributed by atoms with van der Waals surface area (Å²) in [6, 6.07) is 9.36. The molecule has 1 amide bonds. The molecule has 21 heavy (non-hydrogen) atoms. The second-order valence-corrected chi connectivity index (χ2v) is 4.27. The van der Waals surface area contributed by atoms with Crippen LogP contribution in [0.15, 0.2) is 36.5 Å². The molecule has 0 aliphatic rings. The number of methoxy groups -OCH3 is 1. The van der Waals surface area contributed by atoms with Crippen LogP contribution in [0, 0.1) is 0 Å². The van der Waals surface area contributed by atoms with Crippen molar-refractivity contribution in [2.24, 2.45) is 0 Å². The Kier molecular flexibility index (Phi) is 4.65. The van der Waals surface area contributed by atoms with Crippen molar-refractivity contribution in [3.8, 4) is 0 Å². The van der Waals surface area contributed by atoms with E-state index >= 15 is 0 Å². The molecule has 0 aliphatic heterocycles. The highest BCUT2D eigenvalue weighted by atomic mass is 16.5. The van der Waals surface area contributed by atoms with Gasteiger partial charge < -0.3 is 9.64 Å². The SMILES string of the molecule is CCN(C(=O)Cn1cc(C(=O)OC)nn1)c1ccccc1. The van der Waals surface area contributed by atoms with E-state index in [9.17, 15) is 9.59 Å². The zero-order chi connectivity index (χ0) is 15.2. The number of hydrogen-bond donors (Lipinski definition) is 0. The fraction of sp³-hybridized carbons (Fsp3) is 0.286. The molecule has 1 aromatic carbocycles. The van der Waals surface area contributed by atoms with E-state index in [1.54, 1.807) is 4.90 Å². The van der Waals surface area contributed by atoms with Crippen molar-refractivity contribution in [1.82, 2.24) is 15.0 Å². The first-order valence-electron chi connectivity index (χ1n) is 6.49. The van der Waals surface area contributed by atoms with Crippen LogP contribution < -0.4 is 4.90 Å². The van der Waals surface area contributed by atoms with Gasteiger partial charge in [0.15, 0.2) is 5.69 Å². The van der Waals surface area contributed by atoms with Gasteiger partial charge in [0.05, 0.1) is 13.3 Å². The van der Waals surface area contributed by atoms with E-state index < -0.39 is 5.97 Å². The summed E-state index contributed by atoms with van der Waals surface area (Å²) in [5.74, 6) is -0.714. The molecule has 0 fully saturated rings. The quantitative estimate of drug-likeness (QED) is 0.770. The van der Waals surface area contributed by atoms with E-state index in [0.717, 1.165) is 5.69 Å². The zero-order valence-corrected chi connectivity index (χ0v) is 11.9. The van der Waals surface area contributed by atoms with E-state index in [4.69, 9.17) is 0 Å². The molecule has 2 rings (SSSR count). The van der Waals surface area contributed by atoms with Gasteiger partial charge in [-0.15, -0.1) is 5.10 Å². The maximum Gasteiger partial charge on any atom is 0.360 e. The summed E-state index contributed by atoms with van der Waals surface area (Å²) in [6.07, 6.45) is 1.39. The average molecular weight is 288 g/mol. The molecule has 0 saturated heterocycles. The van der Waals surface area contributed by atoms with Gasteiger partial charge in [-0.2, -0.15) is 0 Å². The van der Waals surface area contributed by atoms with Gasteiger partial charge >= 0.3 is 5.97 Å². The number of esters is 1. The minimum atomic E-state index is -0.580. The van der Waals surface area contributed by atoms with E-state index in [2.05, 4.69) is 15.0 Å². The lowest BCUT2D eigenvalue weighted by atomic mass is 10.3. The van der Waals surface area contributed by atoms with Crippen LogP contribution in [0.25, 0.3) is 0 Å². The number of amides is 1. The van der Waals surface area contributed by atoms with Crippen LogP contribution in [0.2, 0.25) is 0 Å². The molecule has 0 bridgehead atoms. The van der Waals surface area contributed by atoms with Gasteiger partial charge in [-0.1, -0.05) is 23.4 Å². The molecule has 0 radical (unpaired) electrons. The largest absolute Gasteiger partial charge is 0.464 e. The van der Waals surface area contributed by atoms with Gasteiger partial charge in [-0.25, -0.2) is 9.48 Å². The molecule has 0 aliphatic carbocycles.